The van der Waals surface area contributed by atoms with E-state index in [1.807, 2.05) is 18.9 Å². The third-order valence-electron chi connectivity index (χ3n) is 3.15. The molecule has 0 aliphatic rings. The second-order valence-corrected chi connectivity index (χ2v) is 5.75. The van der Waals surface area contributed by atoms with Crippen LogP contribution in [0, 0.1) is 12.7 Å². The van der Waals surface area contributed by atoms with Gasteiger partial charge < -0.3 is 4.74 Å². The lowest BCUT2D eigenvalue weighted by atomic mass is 10.1. The van der Waals surface area contributed by atoms with E-state index in [9.17, 15) is 9.18 Å². The Balaban J connectivity index is 2.00. The molecule has 4 nitrogen and oxygen atoms in total. The molecule has 0 N–H and O–H groups in total. The Morgan fingerprint density at radius 3 is 2.81 bits per heavy atom. The minimum absolute atomic E-state index is 0.124. The van der Waals surface area contributed by atoms with Crippen LogP contribution in [0.25, 0.3) is 0 Å². The molecule has 0 atom stereocenters. The van der Waals surface area contributed by atoms with Crippen molar-refractivity contribution in [1.29, 1.82) is 0 Å². The zero-order valence-electron chi connectivity index (χ0n) is 12.2. The highest BCUT2D eigenvalue weighted by molar-refractivity contribution is 7.09. The normalized spacial score (nSPS) is 10.9. The molecule has 112 valence electrons. The Hall–Kier alpha value is -1.79. The summed E-state index contributed by atoms with van der Waals surface area (Å²) in [6.45, 7) is 2.82. The van der Waals surface area contributed by atoms with Crippen molar-refractivity contribution in [2.24, 2.45) is 0 Å². The summed E-state index contributed by atoms with van der Waals surface area (Å²) < 4.78 is 18.5. The Labute approximate surface area is 127 Å². The van der Waals surface area contributed by atoms with Crippen LogP contribution in [-0.2, 0) is 6.54 Å². The van der Waals surface area contributed by atoms with Crippen LogP contribution in [0.15, 0.2) is 23.7 Å². The molecule has 6 heteroatoms. The smallest absolute Gasteiger partial charge is 0.176 e. The first-order chi connectivity index (χ1) is 10.0. The molecular weight excluding hydrogens is 291 g/mol. The van der Waals surface area contributed by atoms with Gasteiger partial charge in [0.05, 0.1) is 24.9 Å². The number of hydrogen-bond acceptors (Lipinski definition) is 5. The van der Waals surface area contributed by atoms with E-state index in [4.69, 9.17) is 4.74 Å². The van der Waals surface area contributed by atoms with E-state index in [1.54, 1.807) is 22.9 Å². The highest BCUT2D eigenvalue weighted by atomic mass is 32.1. The summed E-state index contributed by atoms with van der Waals surface area (Å²) >= 11 is 1.57. The largest absolute Gasteiger partial charge is 0.494 e. The minimum atomic E-state index is -0.524. The molecule has 0 bridgehead atoms. The summed E-state index contributed by atoms with van der Waals surface area (Å²) in [6, 6.07) is 4.26. The predicted octanol–water partition coefficient (Wildman–Crippen LogP) is 2.91. The number of aromatic nitrogens is 1. The number of hydrogen-bond donors (Lipinski definition) is 0. The molecule has 0 unspecified atom stereocenters. The van der Waals surface area contributed by atoms with Crippen molar-refractivity contribution in [2.45, 2.75) is 13.5 Å². The molecule has 0 radical (unpaired) electrons. The van der Waals surface area contributed by atoms with Gasteiger partial charge >= 0.3 is 0 Å². The topological polar surface area (TPSA) is 42.4 Å². The van der Waals surface area contributed by atoms with Crippen LogP contribution >= 0.6 is 11.3 Å². The molecule has 0 saturated heterocycles. The van der Waals surface area contributed by atoms with Crippen molar-refractivity contribution < 1.29 is 13.9 Å². The molecule has 1 heterocycles. The lowest BCUT2D eigenvalue weighted by Crippen LogP contribution is -2.25. The summed E-state index contributed by atoms with van der Waals surface area (Å²) in [5.41, 5.74) is 3.12. The Bertz CT molecular complexity index is 642. The quantitative estimate of drug-likeness (QED) is 0.770. The van der Waals surface area contributed by atoms with Gasteiger partial charge in [0.1, 0.15) is 0 Å². The third-order valence-corrected chi connectivity index (χ3v) is 4.07. The van der Waals surface area contributed by atoms with Crippen LogP contribution in [-0.4, -0.2) is 36.4 Å². The lowest BCUT2D eigenvalue weighted by molar-refractivity contribution is 0.0943. The highest BCUT2D eigenvalue weighted by Crippen LogP contribution is 2.19. The van der Waals surface area contributed by atoms with Gasteiger partial charge in [-0.1, -0.05) is 0 Å². The number of methoxy groups -OCH3 is 1. The third kappa shape index (κ3) is 3.86. The standard InChI is InChI=1S/C15H17FN2O2S/c1-10-15(21-9-17-10)8-18(2)7-13(19)11-4-5-14(20-3)12(16)6-11/h4-6,9H,7-8H2,1-3H3. The molecule has 0 saturated carbocycles. The van der Waals surface area contributed by atoms with Gasteiger partial charge in [-0.05, 0) is 32.2 Å². The van der Waals surface area contributed by atoms with E-state index < -0.39 is 5.82 Å². The van der Waals surface area contributed by atoms with Gasteiger partial charge in [-0.25, -0.2) is 9.37 Å². The molecule has 0 aliphatic heterocycles. The minimum Gasteiger partial charge on any atom is -0.494 e. The number of ketones is 1. The summed E-state index contributed by atoms with van der Waals surface area (Å²) in [4.78, 5) is 19.4. The highest BCUT2D eigenvalue weighted by Gasteiger charge is 2.14. The maximum Gasteiger partial charge on any atom is 0.176 e. The van der Waals surface area contributed by atoms with Crippen molar-refractivity contribution in [2.75, 3.05) is 20.7 Å². The summed E-state index contributed by atoms with van der Waals surface area (Å²) in [6.07, 6.45) is 0. The summed E-state index contributed by atoms with van der Waals surface area (Å²) in [5.74, 6) is -0.509. The molecule has 0 aliphatic carbocycles. The predicted molar refractivity (Wildman–Crippen MR) is 80.5 cm³/mol. The van der Waals surface area contributed by atoms with Gasteiger partial charge in [-0.3, -0.25) is 9.69 Å². The fourth-order valence-electron chi connectivity index (χ4n) is 1.96. The first kappa shape index (κ1) is 15.6. The summed E-state index contributed by atoms with van der Waals surface area (Å²) in [5, 5.41) is 0. The maximum absolute atomic E-state index is 13.6. The SMILES string of the molecule is COc1ccc(C(=O)CN(C)Cc2scnc2C)cc1F. The number of nitrogens with zero attached hydrogens (tertiary/aromatic N) is 2. The van der Waals surface area contributed by atoms with Gasteiger partial charge in [0, 0.05) is 17.0 Å². The number of carbonyl (C=O) groups excluding carboxylic acids is 1. The van der Waals surface area contributed by atoms with Crippen LogP contribution in [0.1, 0.15) is 20.9 Å². The first-order valence-electron chi connectivity index (χ1n) is 6.45. The number of aryl methyl sites for hydroxylation is 1. The van der Waals surface area contributed by atoms with Crippen molar-refractivity contribution in [3.05, 3.63) is 45.7 Å². The molecule has 0 spiro atoms. The number of likely N-dealkylation sites (N-methyl/N-ethyl adjacent to an activating group) is 1. The number of ether oxygens (including phenoxy) is 1. The summed E-state index contributed by atoms with van der Waals surface area (Å²) in [7, 11) is 3.25. The molecule has 2 aromatic rings. The number of halogens is 1. The van der Waals surface area contributed by atoms with E-state index in [1.165, 1.54) is 19.2 Å². The van der Waals surface area contributed by atoms with Crippen molar-refractivity contribution >= 4 is 17.1 Å². The Morgan fingerprint density at radius 1 is 1.48 bits per heavy atom. The monoisotopic (exact) mass is 308 g/mol. The maximum atomic E-state index is 13.6. The molecule has 21 heavy (non-hydrogen) atoms. The van der Waals surface area contributed by atoms with E-state index >= 15 is 0 Å². The fraction of sp³-hybridized carbons (Fsp3) is 0.333. The average Bonchev–Trinajstić information content (AvgIpc) is 2.84. The number of Topliss-reactive ketones (excluding diaryl/α,β-unsaturated/α-hetero) is 1. The number of thiazole rings is 1. The second-order valence-electron chi connectivity index (χ2n) is 4.81. The van der Waals surface area contributed by atoms with E-state index in [-0.39, 0.29) is 18.1 Å². The van der Waals surface area contributed by atoms with Gasteiger partial charge in [-0.2, -0.15) is 0 Å². The van der Waals surface area contributed by atoms with Gasteiger partial charge in [-0.15, -0.1) is 11.3 Å². The molecule has 2 rings (SSSR count). The van der Waals surface area contributed by atoms with Gasteiger partial charge in [0.15, 0.2) is 17.3 Å². The number of rotatable bonds is 6. The lowest BCUT2D eigenvalue weighted by Gasteiger charge is -2.15. The molecule has 0 fully saturated rings. The van der Waals surface area contributed by atoms with Crippen LogP contribution in [0.3, 0.4) is 0 Å². The molecular formula is C15H17FN2O2S. The zero-order valence-corrected chi connectivity index (χ0v) is 13.0. The van der Waals surface area contributed by atoms with Crippen molar-refractivity contribution in [3.8, 4) is 5.75 Å². The molecule has 1 aromatic heterocycles. The van der Waals surface area contributed by atoms with Gasteiger partial charge in [0.2, 0.25) is 0 Å². The van der Waals surface area contributed by atoms with E-state index in [2.05, 4.69) is 4.98 Å². The first-order valence-corrected chi connectivity index (χ1v) is 7.33. The Kier molecular flexibility index (Phi) is 5.03. The van der Waals surface area contributed by atoms with Gasteiger partial charge in [0.25, 0.3) is 0 Å². The van der Waals surface area contributed by atoms with Crippen LogP contribution in [0.5, 0.6) is 5.75 Å². The number of carbonyl (C=O) groups is 1. The van der Waals surface area contributed by atoms with E-state index in [0.29, 0.717) is 12.1 Å². The average molecular weight is 308 g/mol. The molecule has 1 aromatic carbocycles. The zero-order chi connectivity index (χ0) is 15.4. The molecule has 0 amide bonds. The van der Waals surface area contributed by atoms with E-state index in [0.717, 1.165) is 10.6 Å². The van der Waals surface area contributed by atoms with Crippen molar-refractivity contribution in [3.63, 3.8) is 0 Å². The second kappa shape index (κ2) is 6.78. The fourth-order valence-corrected chi connectivity index (χ4v) is 2.81. The Morgan fingerprint density at radius 2 is 2.24 bits per heavy atom. The number of benzene rings is 1. The van der Waals surface area contributed by atoms with Crippen LogP contribution in [0.4, 0.5) is 4.39 Å². The van der Waals surface area contributed by atoms with Crippen molar-refractivity contribution in [1.82, 2.24) is 9.88 Å². The van der Waals surface area contributed by atoms with Crippen LogP contribution in [0.2, 0.25) is 0 Å². The van der Waals surface area contributed by atoms with Crippen LogP contribution < -0.4 is 4.74 Å².